The molecule has 1 atom stereocenters. The van der Waals surface area contributed by atoms with Crippen molar-refractivity contribution in [3.63, 3.8) is 0 Å². The summed E-state index contributed by atoms with van der Waals surface area (Å²) >= 11 is 0. The van der Waals surface area contributed by atoms with E-state index in [4.69, 9.17) is 0 Å². The molecule has 0 saturated carbocycles. The molecule has 2 aromatic heterocycles. The molecule has 7 heteroatoms. The highest BCUT2D eigenvalue weighted by atomic mass is 19.1. The fourth-order valence-corrected chi connectivity index (χ4v) is 3.54. The maximum atomic E-state index is 13.1. The third-order valence-electron chi connectivity index (χ3n) is 4.90. The van der Waals surface area contributed by atoms with Crippen LogP contribution in [0.5, 0.6) is 0 Å². The number of aryl methyl sites for hydroxylation is 2. The van der Waals surface area contributed by atoms with Crippen molar-refractivity contribution in [2.75, 3.05) is 29.9 Å². The molecular formula is C20H23FN6. The van der Waals surface area contributed by atoms with Crippen molar-refractivity contribution in [1.82, 2.24) is 19.7 Å². The monoisotopic (exact) mass is 366 g/mol. The summed E-state index contributed by atoms with van der Waals surface area (Å²) in [7, 11) is 0. The number of halogens is 1. The van der Waals surface area contributed by atoms with Gasteiger partial charge in [0, 0.05) is 31.0 Å². The normalized spacial score (nSPS) is 16.7. The molecule has 1 fully saturated rings. The molecule has 140 valence electrons. The van der Waals surface area contributed by atoms with Gasteiger partial charge in [0.2, 0.25) is 0 Å². The second-order valence-corrected chi connectivity index (χ2v) is 7.06. The number of hydrogen-bond donors (Lipinski definition) is 1. The quantitative estimate of drug-likeness (QED) is 0.750. The summed E-state index contributed by atoms with van der Waals surface area (Å²) in [6, 6.07) is 8.73. The highest BCUT2D eigenvalue weighted by molar-refractivity contribution is 5.47. The summed E-state index contributed by atoms with van der Waals surface area (Å²) < 4.78 is 14.9. The van der Waals surface area contributed by atoms with Crippen LogP contribution in [0.3, 0.4) is 0 Å². The van der Waals surface area contributed by atoms with Gasteiger partial charge in [0.15, 0.2) is 5.82 Å². The second-order valence-electron chi connectivity index (χ2n) is 7.06. The number of benzene rings is 1. The summed E-state index contributed by atoms with van der Waals surface area (Å²) in [5, 5.41) is 7.86. The summed E-state index contributed by atoms with van der Waals surface area (Å²) in [5.41, 5.74) is 3.06. The Labute approximate surface area is 158 Å². The number of rotatable bonds is 5. The van der Waals surface area contributed by atoms with Crippen LogP contribution in [0, 0.1) is 25.6 Å². The van der Waals surface area contributed by atoms with E-state index in [1.165, 1.54) is 12.1 Å². The molecule has 1 saturated heterocycles. The van der Waals surface area contributed by atoms with Gasteiger partial charge in [-0.2, -0.15) is 5.10 Å². The van der Waals surface area contributed by atoms with Gasteiger partial charge in [-0.05, 0) is 56.5 Å². The van der Waals surface area contributed by atoms with Crippen LogP contribution >= 0.6 is 0 Å². The van der Waals surface area contributed by atoms with E-state index < -0.39 is 0 Å². The largest absolute Gasteiger partial charge is 0.371 e. The van der Waals surface area contributed by atoms with Crippen molar-refractivity contribution in [3.8, 4) is 5.82 Å². The van der Waals surface area contributed by atoms with Crippen molar-refractivity contribution in [3.05, 3.63) is 59.9 Å². The summed E-state index contributed by atoms with van der Waals surface area (Å²) in [4.78, 5) is 11.2. The summed E-state index contributed by atoms with van der Waals surface area (Å²) in [6.07, 6.45) is 4.55. The number of nitrogens with one attached hydrogen (secondary N) is 1. The number of anilines is 2. The van der Waals surface area contributed by atoms with Gasteiger partial charge in [-0.1, -0.05) is 0 Å². The molecule has 0 spiro atoms. The first-order chi connectivity index (χ1) is 13.1. The minimum absolute atomic E-state index is 0.197. The van der Waals surface area contributed by atoms with Gasteiger partial charge < -0.3 is 10.2 Å². The van der Waals surface area contributed by atoms with Crippen LogP contribution < -0.4 is 10.2 Å². The molecule has 1 aliphatic heterocycles. The Bertz CT molecular complexity index is 920. The maximum Gasteiger partial charge on any atom is 0.174 e. The van der Waals surface area contributed by atoms with Gasteiger partial charge in [0.05, 0.1) is 18.1 Å². The predicted molar refractivity (Wildman–Crippen MR) is 104 cm³/mol. The zero-order valence-electron chi connectivity index (χ0n) is 15.6. The van der Waals surface area contributed by atoms with Crippen LogP contribution in [0.4, 0.5) is 15.9 Å². The predicted octanol–water partition coefficient (Wildman–Crippen LogP) is 3.36. The Hall–Kier alpha value is -2.96. The van der Waals surface area contributed by atoms with Crippen molar-refractivity contribution in [2.45, 2.75) is 20.3 Å². The standard InChI is InChI=1S/C20H23FN6/c1-14-9-15(2)27(25-14)20-12-22-11-19(24-20)23-10-16-7-8-26(13-16)18-5-3-17(21)4-6-18/h3-6,9,11-12,16H,7-8,10,13H2,1-2H3,(H,23,24). The highest BCUT2D eigenvalue weighted by Crippen LogP contribution is 2.24. The van der Waals surface area contributed by atoms with Crippen LogP contribution in [0.1, 0.15) is 17.8 Å². The molecular weight excluding hydrogens is 343 g/mol. The Morgan fingerprint density at radius 2 is 2.00 bits per heavy atom. The first-order valence-corrected chi connectivity index (χ1v) is 9.18. The lowest BCUT2D eigenvalue weighted by atomic mass is 10.1. The van der Waals surface area contributed by atoms with Crippen molar-refractivity contribution in [2.24, 2.45) is 5.92 Å². The van der Waals surface area contributed by atoms with Crippen LogP contribution in [0.15, 0.2) is 42.7 Å². The average Bonchev–Trinajstić information content (AvgIpc) is 3.27. The third-order valence-corrected chi connectivity index (χ3v) is 4.90. The van der Waals surface area contributed by atoms with Gasteiger partial charge in [0.25, 0.3) is 0 Å². The zero-order chi connectivity index (χ0) is 18.8. The van der Waals surface area contributed by atoms with E-state index in [1.807, 2.05) is 32.0 Å². The maximum absolute atomic E-state index is 13.1. The molecule has 0 amide bonds. The van der Waals surface area contributed by atoms with Gasteiger partial charge in [-0.15, -0.1) is 0 Å². The fourth-order valence-electron chi connectivity index (χ4n) is 3.54. The van der Waals surface area contributed by atoms with Crippen LogP contribution in [-0.2, 0) is 0 Å². The Morgan fingerprint density at radius 3 is 2.74 bits per heavy atom. The lowest BCUT2D eigenvalue weighted by Crippen LogP contribution is -2.22. The fraction of sp³-hybridized carbons (Fsp3) is 0.350. The van der Waals surface area contributed by atoms with E-state index in [-0.39, 0.29) is 5.82 Å². The van der Waals surface area contributed by atoms with Gasteiger partial charge >= 0.3 is 0 Å². The zero-order valence-corrected chi connectivity index (χ0v) is 15.6. The van der Waals surface area contributed by atoms with Crippen molar-refractivity contribution in [1.29, 1.82) is 0 Å². The summed E-state index contributed by atoms with van der Waals surface area (Å²) in [5.74, 6) is 1.77. The van der Waals surface area contributed by atoms with Crippen LogP contribution in [-0.4, -0.2) is 39.4 Å². The molecule has 0 bridgehead atoms. The lowest BCUT2D eigenvalue weighted by Gasteiger charge is -2.19. The summed E-state index contributed by atoms with van der Waals surface area (Å²) in [6.45, 7) is 6.72. The number of aromatic nitrogens is 4. The molecule has 0 aliphatic carbocycles. The molecule has 0 radical (unpaired) electrons. The molecule has 6 nitrogen and oxygen atoms in total. The smallest absolute Gasteiger partial charge is 0.174 e. The molecule has 1 N–H and O–H groups in total. The SMILES string of the molecule is Cc1cc(C)n(-c2cncc(NCC3CCN(c4ccc(F)cc4)C3)n2)n1. The molecule has 4 rings (SSSR count). The Kier molecular flexibility index (Phi) is 4.75. The van der Waals surface area contributed by atoms with E-state index in [9.17, 15) is 4.39 Å². The van der Waals surface area contributed by atoms with Gasteiger partial charge in [-0.25, -0.2) is 14.1 Å². The van der Waals surface area contributed by atoms with E-state index in [0.717, 1.165) is 48.9 Å². The molecule has 1 aromatic carbocycles. The Balaban J connectivity index is 1.37. The molecule has 3 heterocycles. The lowest BCUT2D eigenvalue weighted by molar-refractivity contribution is 0.620. The minimum atomic E-state index is -0.197. The first-order valence-electron chi connectivity index (χ1n) is 9.18. The number of nitrogens with zero attached hydrogens (tertiary/aromatic N) is 5. The number of hydrogen-bond acceptors (Lipinski definition) is 5. The van der Waals surface area contributed by atoms with Crippen molar-refractivity contribution >= 4 is 11.5 Å². The van der Waals surface area contributed by atoms with Gasteiger partial charge in [0.1, 0.15) is 11.6 Å². The van der Waals surface area contributed by atoms with E-state index >= 15 is 0 Å². The molecule has 3 aromatic rings. The van der Waals surface area contributed by atoms with Crippen molar-refractivity contribution < 1.29 is 4.39 Å². The van der Waals surface area contributed by atoms with Crippen LogP contribution in [0.2, 0.25) is 0 Å². The van der Waals surface area contributed by atoms with E-state index in [0.29, 0.717) is 11.7 Å². The molecule has 1 unspecified atom stereocenters. The molecule has 27 heavy (non-hydrogen) atoms. The minimum Gasteiger partial charge on any atom is -0.371 e. The van der Waals surface area contributed by atoms with Gasteiger partial charge in [-0.3, -0.25) is 4.98 Å². The van der Waals surface area contributed by atoms with E-state index in [2.05, 4.69) is 25.3 Å². The van der Waals surface area contributed by atoms with Crippen LogP contribution in [0.25, 0.3) is 5.82 Å². The molecule has 1 aliphatic rings. The highest BCUT2D eigenvalue weighted by Gasteiger charge is 2.22. The average molecular weight is 366 g/mol. The second kappa shape index (κ2) is 7.34. The first kappa shape index (κ1) is 17.5. The van der Waals surface area contributed by atoms with E-state index in [1.54, 1.807) is 17.1 Å². The Morgan fingerprint density at radius 1 is 1.19 bits per heavy atom. The topological polar surface area (TPSA) is 58.9 Å². The third kappa shape index (κ3) is 3.92.